The molecule has 2 aliphatic carbocycles. The van der Waals surface area contributed by atoms with Crippen molar-refractivity contribution >= 4 is 116 Å². The van der Waals surface area contributed by atoms with Crippen molar-refractivity contribution in [3.8, 4) is 0 Å². The van der Waals surface area contributed by atoms with Gasteiger partial charge >= 0.3 is 0 Å². The van der Waals surface area contributed by atoms with Crippen LogP contribution >= 0.6 is 116 Å². The zero-order chi connectivity index (χ0) is 17.5. The van der Waals surface area contributed by atoms with Gasteiger partial charge in [0.15, 0.2) is 4.33 Å². The quantitative estimate of drug-likeness (QED) is 0.200. The maximum atomic E-state index is 6.74. The van der Waals surface area contributed by atoms with Crippen molar-refractivity contribution in [3.63, 3.8) is 0 Å². The Bertz CT molecular complexity index is 754. The number of alkyl halides is 4. The molecule has 0 amide bonds. The zero-order valence-electron chi connectivity index (χ0n) is 10.6. The third-order valence-electron chi connectivity index (χ3n) is 4.29. The van der Waals surface area contributed by atoms with Crippen LogP contribution in [-0.4, -0.2) is 14.1 Å². The Balaban J connectivity index is 2.27. The fraction of sp³-hybridized carbons (Fsp3) is 0.385. The fourth-order valence-corrected chi connectivity index (χ4v) is 6.81. The summed E-state index contributed by atoms with van der Waals surface area (Å²) in [6, 6.07) is 1.55. The van der Waals surface area contributed by atoms with Crippen molar-refractivity contribution in [3.05, 3.63) is 41.8 Å². The zero-order valence-corrected chi connectivity index (χ0v) is 18.2. The van der Waals surface area contributed by atoms with E-state index in [4.69, 9.17) is 116 Å². The van der Waals surface area contributed by atoms with Gasteiger partial charge in [0.25, 0.3) is 0 Å². The SMILES string of the molecule is ClC1=C(Cl)C2(Cl)C(c3cc(Cl)c(Cl)c(Cl)c3Cl)CC1(Cl)C2(Cl)Cl. The van der Waals surface area contributed by atoms with Crippen LogP contribution in [-0.2, 0) is 0 Å². The van der Waals surface area contributed by atoms with Crippen LogP contribution in [0.5, 0.6) is 0 Å². The number of hydrogen-bond donors (Lipinski definition) is 0. The van der Waals surface area contributed by atoms with Gasteiger partial charge in [0.2, 0.25) is 0 Å². The summed E-state index contributed by atoms with van der Waals surface area (Å²) >= 11 is 63.3. The van der Waals surface area contributed by atoms with Crippen LogP contribution in [0.3, 0.4) is 0 Å². The van der Waals surface area contributed by atoms with E-state index >= 15 is 0 Å². The number of allylic oxidation sites excluding steroid dienone is 2. The average Bonchev–Trinajstić information content (AvgIpc) is 2.71. The highest BCUT2D eigenvalue weighted by Gasteiger charge is 2.78. The number of fused-ring (bicyclic) bond motifs is 2. The molecule has 0 aliphatic heterocycles. The van der Waals surface area contributed by atoms with Crippen molar-refractivity contribution in [2.45, 2.75) is 26.4 Å². The molecule has 3 rings (SSSR count). The van der Waals surface area contributed by atoms with Crippen molar-refractivity contribution in [2.24, 2.45) is 0 Å². The van der Waals surface area contributed by atoms with Gasteiger partial charge in [-0.25, -0.2) is 0 Å². The van der Waals surface area contributed by atoms with E-state index in [0.29, 0.717) is 5.56 Å². The fourth-order valence-electron chi connectivity index (χ4n) is 3.08. The lowest BCUT2D eigenvalue weighted by atomic mass is 9.85. The van der Waals surface area contributed by atoms with E-state index in [9.17, 15) is 0 Å². The van der Waals surface area contributed by atoms with Crippen LogP contribution in [0.4, 0.5) is 0 Å². The summed E-state index contributed by atoms with van der Waals surface area (Å²) in [6.45, 7) is 0. The Hall–Kier alpha value is 1.86. The van der Waals surface area contributed by atoms with Gasteiger partial charge in [-0.3, -0.25) is 0 Å². The second kappa shape index (κ2) is 5.93. The van der Waals surface area contributed by atoms with E-state index < -0.39 is 20.0 Å². The van der Waals surface area contributed by atoms with Crippen LogP contribution in [0.2, 0.25) is 20.1 Å². The smallest absolute Gasteiger partial charge is 0.110 e. The second-order valence-electron chi connectivity index (χ2n) is 5.36. The predicted octanol–water partition coefficient (Wildman–Crippen LogP) is 8.62. The van der Waals surface area contributed by atoms with Gasteiger partial charge in [0, 0.05) is 5.92 Å². The Morgan fingerprint density at radius 1 is 0.783 bits per heavy atom. The summed E-state index contributed by atoms with van der Waals surface area (Å²) in [5.74, 6) is -0.563. The van der Waals surface area contributed by atoms with Gasteiger partial charge < -0.3 is 0 Å². The minimum atomic E-state index is -1.65. The normalized spacial score (nSPS) is 35.3. The molecule has 3 unspecified atom stereocenters. The summed E-state index contributed by atoms with van der Waals surface area (Å²) in [4.78, 5) is -2.82. The minimum absolute atomic E-state index is 0.0790. The Morgan fingerprint density at radius 3 is 1.83 bits per heavy atom. The molecule has 0 saturated heterocycles. The molecule has 0 spiro atoms. The summed E-state index contributed by atoms with van der Waals surface area (Å²) < 4.78 is -1.65. The first-order valence-corrected chi connectivity index (χ1v) is 9.84. The molecular weight excluding hydrogens is 511 g/mol. The molecule has 0 aromatic heterocycles. The van der Waals surface area contributed by atoms with E-state index in [1.54, 1.807) is 6.07 Å². The minimum Gasteiger partial charge on any atom is -0.110 e. The lowest BCUT2D eigenvalue weighted by Gasteiger charge is -2.34. The molecule has 2 bridgehead atoms. The van der Waals surface area contributed by atoms with E-state index in [0.717, 1.165) is 0 Å². The molecule has 0 radical (unpaired) electrons. The lowest BCUT2D eigenvalue weighted by Crippen LogP contribution is -2.43. The lowest BCUT2D eigenvalue weighted by molar-refractivity contribution is 0.601. The molecule has 0 heterocycles. The van der Waals surface area contributed by atoms with Crippen molar-refractivity contribution in [1.29, 1.82) is 0 Å². The maximum absolute atomic E-state index is 6.74. The molecule has 0 N–H and O–H groups in total. The first kappa shape index (κ1) is 19.6. The van der Waals surface area contributed by atoms with E-state index in [-0.39, 0.29) is 36.6 Å². The topological polar surface area (TPSA) is 0 Å². The van der Waals surface area contributed by atoms with Crippen LogP contribution < -0.4 is 0 Å². The molecular formula is C13H4Cl10. The Kier molecular flexibility index (Phi) is 5.06. The van der Waals surface area contributed by atoms with Crippen LogP contribution in [0, 0.1) is 0 Å². The van der Waals surface area contributed by atoms with Gasteiger partial charge in [0.1, 0.15) is 9.75 Å². The Labute approximate surface area is 182 Å². The predicted molar refractivity (Wildman–Crippen MR) is 104 cm³/mol. The largest absolute Gasteiger partial charge is 0.166 e. The molecule has 3 atom stereocenters. The maximum Gasteiger partial charge on any atom is 0.166 e. The molecule has 23 heavy (non-hydrogen) atoms. The van der Waals surface area contributed by atoms with Gasteiger partial charge in [0.05, 0.1) is 30.2 Å². The monoisotopic (exact) mass is 510 g/mol. The molecule has 2 aliphatic rings. The van der Waals surface area contributed by atoms with E-state index in [1.807, 2.05) is 0 Å². The number of rotatable bonds is 1. The second-order valence-corrected chi connectivity index (χ2v) is 10.2. The van der Waals surface area contributed by atoms with Crippen molar-refractivity contribution in [1.82, 2.24) is 0 Å². The number of hydrogen-bond acceptors (Lipinski definition) is 0. The van der Waals surface area contributed by atoms with Crippen LogP contribution in [0.1, 0.15) is 17.9 Å². The van der Waals surface area contributed by atoms with Gasteiger partial charge in [-0.05, 0) is 18.1 Å². The molecule has 1 aromatic rings. The Morgan fingerprint density at radius 2 is 1.35 bits per heavy atom. The number of benzene rings is 1. The molecule has 10 heteroatoms. The van der Waals surface area contributed by atoms with Gasteiger partial charge in [-0.2, -0.15) is 0 Å². The molecule has 1 aromatic carbocycles. The summed E-state index contributed by atoms with van der Waals surface area (Å²) in [5.41, 5.74) is 0.497. The molecule has 0 nitrogen and oxygen atoms in total. The standard InChI is InChI=1S/C13H4Cl10/c14-5-1-3(6(15)8(17)7(5)16)4-2-11(20)9(18)10(19)12(4,21)13(11,22)23/h1,4H,2H2. The first-order chi connectivity index (χ1) is 10.4. The van der Waals surface area contributed by atoms with E-state index in [1.165, 1.54) is 0 Å². The van der Waals surface area contributed by atoms with Crippen molar-refractivity contribution in [2.75, 3.05) is 0 Å². The first-order valence-electron chi connectivity index (χ1n) is 6.06. The average molecular weight is 515 g/mol. The van der Waals surface area contributed by atoms with E-state index in [2.05, 4.69) is 0 Å². The third-order valence-corrected chi connectivity index (χ3v) is 10.3. The van der Waals surface area contributed by atoms with Gasteiger partial charge in [-0.15, -0.1) is 23.2 Å². The van der Waals surface area contributed by atoms with Crippen LogP contribution in [0.15, 0.2) is 16.1 Å². The third kappa shape index (κ3) is 2.27. The highest BCUT2D eigenvalue weighted by molar-refractivity contribution is 6.66. The summed E-state index contributed by atoms with van der Waals surface area (Å²) in [5, 5.41) is 0.836. The summed E-state index contributed by atoms with van der Waals surface area (Å²) in [7, 11) is 0. The summed E-state index contributed by atoms with van der Waals surface area (Å²) in [6.07, 6.45) is 0.202. The molecule has 1 saturated carbocycles. The molecule has 126 valence electrons. The van der Waals surface area contributed by atoms with Gasteiger partial charge in [-0.1, -0.05) is 92.8 Å². The highest BCUT2D eigenvalue weighted by Crippen LogP contribution is 2.76. The number of halogens is 10. The van der Waals surface area contributed by atoms with Crippen molar-refractivity contribution < 1.29 is 0 Å². The molecule has 1 fully saturated rings. The van der Waals surface area contributed by atoms with Crippen LogP contribution in [0.25, 0.3) is 0 Å². The highest BCUT2D eigenvalue weighted by atomic mass is 35.5.